The predicted molar refractivity (Wildman–Crippen MR) is 96.2 cm³/mol. The van der Waals surface area contributed by atoms with E-state index in [4.69, 9.17) is 4.98 Å². The molecule has 0 N–H and O–H groups in total. The molecule has 0 atom stereocenters. The lowest BCUT2D eigenvalue weighted by atomic mass is 9.49. The number of rotatable bonds is 2. The van der Waals surface area contributed by atoms with E-state index in [0.29, 0.717) is 5.41 Å². The Morgan fingerprint density at radius 3 is 2.43 bits per heavy atom. The van der Waals surface area contributed by atoms with Gasteiger partial charge in [-0.2, -0.15) is 0 Å². The van der Waals surface area contributed by atoms with Gasteiger partial charge in [0.05, 0.1) is 16.3 Å². The van der Waals surface area contributed by atoms with Gasteiger partial charge in [0.15, 0.2) is 4.96 Å². The fourth-order valence-corrected chi connectivity index (χ4v) is 7.75. The van der Waals surface area contributed by atoms with Crippen LogP contribution in [0.2, 0.25) is 0 Å². The van der Waals surface area contributed by atoms with Gasteiger partial charge in [0.1, 0.15) is 0 Å². The Balaban J connectivity index is 1.48. The lowest BCUT2D eigenvalue weighted by molar-refractivity contribution is -0.00696. The largest absolute Gasteiger partial charge is 0.289 e. The average Bonchev–Trinajstić information content (AvgIpc) is 3.22. The van der Waals surface area contributed by atoms with E-state index in [0.717, 1.165) is 17.8 Å². The van der Waals surface area contributed by atoms with E-state index >= 15 is 0 Å². The summed E-state index contributed by atoms with van der Waals surface area (Å²) in [5.41, 5.74) is 3.14. The highest BCUT2D eigenvalue weighted by Crippen LogP contribution is 2.60. The van der Waals surface area contributed by atoms with Crippen LogP contribution in [0.5, 0.6) is 0 Å². The SMILES string of the molecule is c1csc(-c2csc3nc(C45CC6CC(CC(C6)C4)C5)cn23)c1. The second-order valence-corrected chi connectivity index (χ2v) is 9.86. The Hall–Kier alpha value is -1.13. The molecule has 0 unspecified atom stereocenters. The summed E-state index contributed by atoms with van der Waals surface area (Å²) in [5, 5.41) is 4.42. The number of aromatic nitrogens is 2. The van der Waals surface area contributed by atoms with Gasteiger partial charge in [-0.3, -0.25) is 4.40 Å². The zero-order valence-corrected chi connectivity index (χ0v) is 14.7. The van der Waals surface area contributed by atoms with Gasteiger partial charge >= 0.3 is 0 Å². The summed E-state index contributed by atoms with van der Waals surface area (Å²) in [5.74, 6) is 2.95. The van der Waals surface area contributed by atoms with Crippen LogP contribution in [0, 0.1) is 17.8 Å². The molecule has 118 valence electrons. The van der Waals surface area contributed by atoms with E-state index in [1.807, 2.05) is 11.3 Å². The maximum atomic E-state index is 5.12. The van der Waals surface area contributed by atoms with Crippen molar-refractivity contribution < 1.29 is 0 Å². The van der Waals surface area contributed by atoms with Crippen molar-refractivity contribution in [1.82, 2.24) is 9.38 Å². The quantitative estimate of drug-likeness (QED) is 0.594. The van der Waals surface area contributed by atoms with Crippen LogP contribution >= 0.6 is 22.7 Å². The first-order valence-electron chi connectivity index (χ1n) is 8.80. The molecule has 0 saturated heterocycles. The molecule has 0 aliphatic heterocycles. The molecule has 7 rings (SSSR count). The monoisotopic (exact) mass is 340 g/mol. The third-order valence-corrected chi connectivity index (χ3v) is 8.30. The fraction of sp³-hybridized carbons (Fsp3) is 0.526. The summed E-state index contributed by atoms with van der Waals surface area (Å²) in [6.07, 6.45) is 11.1. The van der Waals surface area contributed by atoms with E-state index in [1.54, 1.807) is 11.3 Å². The van der Waals surface area contributed by atoms with Gasteiger partial charge in [-0.1, -0.05) is 6.07 Å². The molecule has 4 aliphatic carbocycles. The van der Waals surface area contributed by atoms with E-state index in [1.165, 1.54) is 59.8 Å². The van der Waals surface area contributed by atoms with Crippen LogP contribution in [0.15, 0.2) is 29.1 Å². The lowest BCUT2D eigenvalue weighted by Crippen LogP contribution is -2.48. The summed E-state index contributed by atoms with van der Waals surface area (Å²) >= 11 is 3.62. The van der Waals surface area contributed by atoms with E-state index < -0.39 is 0 Å². The third-order valence-electron chi connectivity index (χ3n) is 6.56. The van der Waals surface area contributed by atoms with Gasteiger partial charge in [-0.05, 0) is 67.7 Å². The number of hydrogen-bond donors (Lipinski definition) is 0. The first-order valence-corrected chi connectivity index (χ1v) is 10.6. The highest BCUT2D eigenvalue weighted by molar-refractivity contribution is 7.16. The van der Waals surface area contributed by atoms with Crippen molar-refractivity contribution in [3.63, 3.8) is 0 Å². The normalized spacial score (nSPS) is 35.4. The second-order valence-electron chi connectivity index (χ2n) is 8.07. The minimum absolute atomic E-state index is 0.410. The van der Waals surface area contributed by atoms with E-state index in [2.05, 4.69) is 33.5 Å². The van der Waals surface area contributed by atoms with Crippen molar-refractivity contribution in [2.45, 2.75) is 43.9 Å². The van der Waals surface area contributed by atoms with E-state index in [-0.39, 0.29) is 0 Å². The first-order chi connectivity index (χ1) is 11.3. The number of fused-ring (bicyclic) bond motifs is 1. The average molecular weight is 341 g/mol. The highest BCUT2D eigenvalue weighted by atomic mass is 32.1. The van der Waals surface area contributed by atoms with Crippen molar-refractivity contribution in [2.24, 2.45) is 17.8 Å². The highest BCUT2D eigenvalue weighted by Gasteiger charge is 2.52. The number of nitrogens with zero attached hydrogens (tertiary/aromatic N) is 2. The molecule has 3 aromatic heterocycles. The van der Waals surface area contributed by atoms with Crippen LogP contribution in [-0.4, -0.2) is 9.38 Å². The van der Waals surface area contributed by atoms with Crippen molar-refractivity contribution in [3.8, 4) is 10.6 Å². The lowest BCUT2D eigenvalue weighted by Gasteiger charge is -2.56. The summed E-state index contributed by atoms with van der Waals surface area (Å²) in [4.78, 5) is 7.65. The Morgan fingerprint density at radius 2 is 1.78 bits per heavy atom. The van der Waals surface area contributed by atoms with Crippen LogP contribution in [0.4, 0.5) is 0 Å². The van der Waals surface area contributed by atoms with Gasteiger partial charge in [0.25, 0.3) is 0 Å². The Kier molecular flexibility index (Phi) is 2.57. The van der Waals surface area contributed by atoms with Gasteiger partial charge in [0.2, 0.25) is 0 Å². The van der Waals surface area contributed by atoms with Crippen molar-refractivity contribution in [2.75, 3.05) is 0 Å². The molecule has 0 amide bonds. The number of thiophene rings is 1. The van der Waals surface area contributed by atoms with Crippen molar-refractivity contribution in [3.05, 3.63) is 34.8 Å². The molecule has 4 fully saturated rings. The molecular formula is C19H20N2S2. The van der Waals surface area contributed by atoms with Crippen LogP contribution < -0.4 is 0 Å². The summed E-state index contributed by atoms with van der Waals surface area (Å²) in [6, 6.07) is 4.36. The van der Waals surface area contributed by atoms with E-state index in [9.17, 15) is 0 Å². The molecule has 0 spiro atoms. The molecule has 0 radical (unpaired) electrons. The minimum atomic E-state index is 0.410. The first kappa shape index (κ1) is 13.2. The van der Waals surface area contributed by atoms with Gasteiger partial charge < -0.3 is 0 Å². The Labute approximate surface area is 144 Å². The Bertz CT molecular complexity index is 835. The van der Waals surface area contributed by atoms with Crippen LogP contribution in [0.1, 0.15) is 44.2 Å². The molecule has 4 saturated carbocycles. The molecular weight excluding hydrogens is 320 g/mol. The maximum Gasteiger partial charge on any atom is 0.194 e. The molecule has 3 aromatic rings. The predicted octanol–water partition coefficient (Wildman–Crippen LogP) is 5.59. The number of imidazole rings is 1. The molecule has 2 nitrogen and oxygen atoms in total. The van der Waals surface area contributed by atoms with Crippen molar-refractivity contribution in [1.29, 1.82) is 0 Å². The maximum absolute atomic E-state index is 5.12. The smallest absolute Gasteiger partial charge is 0.194 e. The molecule has 4 heteroatoms. The third kappa shape index (κ3) is 1.82. The minimum Gasteiger partial charge on any atom is -0.289 e. The molecule has 4 aliphatic rings. The standard InChI is InChI=1S/C19H20N2S2/c1-2-16(22-3-1)15-11-23-18-20-17(10-21(15)18)19-7-12-4-13(8-19)6-14(5-12)9-19/h1-3,10-14H,4-9H2. The summed E-state index contributed by atoms with van der Waals surface area (Å²) in [6.45, 7) is 0. The van der Waals surface area contributed by atoms with Gasteiger partial charge in [-0.25, -0.2) is 4.98 Å². The molecule has 4 bridgehead atoms. The van der Waals surface area contributed by atoms with Gasteiger partial charge in [-0.15, -0.1) is 22.7 Å². The topological polar surface area (TPSA) is 17.3 Å². The number of thiazole rings is 1. The van der Waals surface area contributed by atoms with Crippen LogP contribution in [0.25, 0.3) is 15.5 Å². The second kappa shape index (κ2) is 4.48. The zero-order valence-electron chi connectivity index (χ0n) is 13.1. The van der Waals surface area contributed by atoms with Crippen LogP contribution in [0.3, 0.4) is 0 Å². The van der Waals surface area contributed by atoms with Crippen LogP contribution in [-0.2, 0) is 5.41 Å². The molecule has 23 heavy (non-hydrogen) atoms. The van der Waals surface area contributed by atoms with Gasteiger partial charge in [0, 0.05) is 17.0 Å². The number of hydrogen-bond acceptors (Lipinski definition) is 3. The molecule has 3 heterocycles. The summed E-state index contributed by atoms with van der Waals surface area (Å²) < 4.78 is 2.35. The van der Waals surface area contributed by atoms with Crippen molar-refractivity contribution >= 4 is 27.6 Å². The molecule has 0 aromatic carbocycles. The zero-order chi connectivity index (χ0) is 15.0. The fourth-order valence-electron chi connectivity index (χ4n) is 6.07. The summed E-state index contributed by atoms with van der Waals surface area (Å²) in [7, 11) is 0. The Morgan fingerprint density at radius 1 is 1.04 bits per heavy atom.